The number of carbonyl (C=O) groups excluding carboxylic acids is 1. The van der Waals surface area contributed by atoms with Crippen molar-refractivity contribution in [3.63, 3.8) is 0 Å². The van der Waals surface area contributed by atoms with Gasteiger partial charge < -0.3 is 11.1 Å². The zero-order valence-corrected chi connectivity index (χ0v) is 11.1. The molecule has 0 aliphatic carbocycles. The third-order valence-corrected chi connectivity index (χ3v) is 3.07. The molecule has 3 N–H and O–H groups in total. The molecule has 1 rings (SSSR count). The van der Waals surface area contributed by atoms with Crippen molar-refractivity contribution < 1.29 is 9.18 Å². The number of hydrogen-bond donors (Lipinski definition) is 2. The maximum atomic E-state index is 13.4. The minimum absolute atomic E-state index is 0.0890. The SMILES string of the molecule is CC(Cc1ccccc1F)NC(=O)C(C)C(C)N. The van der Waals surface area contributed by atoms with E-state index in [9.17, 15) is 9.18 Å². The number of nitrogens with two attached hydrogens (primary N) is 1. The Labute approximate surface area is 108 Å². The maximum absolute atomic E-state index is 13.4. The number of nitrogens with one attached hydrogen (secondary N) is 1. The van der Waals surface area contributed by atoms with E-state index in [1.54, 1.807) is 32.0 Å². The van der Waals surface area contributed by atoms with Crippen LogP contribution in [-0.2, 0) is 11.2 Å². The van der Waals surface area contributed by atoms with Crippen LogP contribution in [0.15, 0.2) is 24.3 Å². The minimum Gasteiger partial charge on any atom is -0.353 e. The first-order valence-electron chi connectivity index (χ1n) is 6.21. The van der Waals surface area contributed by atoms with Crippen LogP contribution in [-0.4, -0.2) is 18.0 Å². The van der Waals surface area contributed by atoms with E-state index in [1.165, 1.54) is 6.07 Å². The molecule has 1 aromatic rings. The van der Waals surface area contributed by atoms with Crippen LogP contribution in [0.3, 0.4) is 0 Å². The molecule has 0 fully saturated rings. The van der Waals surface area contributed by atoms with Gasteiger partial charge in [-0.05, 0) is 31.9 Å². The number of benzene rings is 1. The van der Waals surface area contributed by atoms with Crippen molar-refractivity contribution in [1.82, 2.24) is 5.32 Å². The first kappa shape index (κ1) is 14.6. The Balaban J connectivity index is 2.55. The Morgan fingerprint density at radius 3 is 2.50 bits per heavy atom. The molecule has 0 bridgehead atoms. The van der Waals surface area contributed by atoms with Gasteiger partial charge in [0.2, 0.25) is 5.91 Å². The Morgan fingerprint density at radius 1 is 1.33 bits per heavy atom. The molecule has 3 unspecified atom stereocenters. The fourth-order valence-electron chi connectivity index (χ4n) is 1.66. The van der Waals surface area contributed by atoms with Crippen molar-refractivity contribution in [2.24, 2.45) is 11.7 Å². The van der Waals surface area contributed by atoms with Crippen molar-refractivity contribution in [2.75, 3.05) is 0 Å². The molecular formula is C14H21FN2O. The lowest BCUT2D eigenvalue weighted by Crippen LogP contribution is -2.43. The number of amides is 1. The molecule has 3 nitrogen and oxygen atoms in total. The van der Waals surface area contributed by atoms with Gasteiger partial charge in [0, 0.05) is 18.0 Å². The molecule has 0 aromatic heterocycles. The largest absolute Gasteiger partial charge is 0.353 e. The summed E-state index contributed by atoms with van der Waals surface area (Å²) >= 11 is 0. The van der Waals surface area contributed by atoms with Crippen molar-refractivity contribution in [1.29, 1.82) is 0 Å². The first-order chi connectivity index (χ1) is 8.41. The highest BCUT2D eigenvalue weighted by molar-refractivity contribution is 5.79. The molecule has 0 spiro atoms. The van der Waals surface area contributed by atoms with Crippen molar-refractivity contribution in [3.8, 4) is 0 Å². The quantitative estimate of drug-likeness (QED) is 0.840. The summed E-state index contributed by atoms with van der Waals surface area (Å²) in [5.41, 5.74) is 6.28. The smallest absolute Gasteiger partial charge is 0.224 e. The topological polar surface area (TPSA) is 55.1 Å². The normalized spacial score (nSPS) is 15.8. The van der Waals surface area contributed by atoms with Gasteiger partial charge >= 0.3 is 0 Å². The second kappa shape index (κ2) is 6.50. The lowest BCUT2D eigenvalue weighted by atomic mass is 10.0. The summed E-state index contributed by atoms with van der Waals surface area (Å²) in [6, 6.07) is 6.29. The van der Waals surface area contributed by atoms with Gasteiger partial charge in [-0.15, -0.1) is 0 Å². The predicted octanol–water partition coefficient (Wildman–Crippen LogP) is 1.86. The van der Waals surface area contributed by atoms with Gasteiger partial charge in [0.05, 0.1) is 0 Å². The van der Waals surface area contributed by atoms with Gasteiger partial charge in [0.1, 0.15) is 5.82 Å². The van der Waals surface area contributed by atoms with E-state index in [2.05, 4.69) is 5.32 Å². The molecular weight excluding hydrogens is 231 g/mol. The molecule has 0 saturated carbocycles. The molecule has 0 heterocycles. The lowest BCUT2D eigenvalue weighted by Gasteiger charge is -2.19. The number of halogens is 1. The van der Waals surface area contributed by atoms with Crippen LogP contribution in [0.1, 0.15) is 26.3 Å². The average Bonchev–Trinajstić information content (AvgIpc) is 2.30. The van der Waals surface area contributed by atoms with E-state index in [0.29, 0.717) is 12.0 Å². The molecule has 3 atom stereocenters. The number of rotatable bonds is 5. The summed E-state index contributed by atoms with van der Waals surface area (Å²) in [6.07, 6.45) is 0.476. The Morgan fingerprint density at radius 2 is 1.94 bits per heavy atom. The second-order valence-electron chi connectivity index (χ2n) is 4.85. The standard InChI is InChI=1S/C14H21FN2O/c1-9(17-14(18)10(2)11(3)16)8-12-6-4-5-7-13(12)15/h4-7,9-11H,8,16H2,1-3H3,(H,17,18). The molecule has 0 saturated heterocycles. The molecule has 0 aliphatic heterocycles. The first-order valence-corrected chi connectivity index (χ1v) is 6.21. The monoisotopic (exact) mass is 252 g/mol. The highest BCUT2D eigenvalue weighted by Crippen LogP contribution is 2.09. The highest BCUT2D eigenvalue weighted by atomic mass is 19.1. The second-order valence-corrected chi connectivity index (χ2v) is 4.85. The summed E-state index contributed by atoms with van der Waals surface area (Å²) in [5.74, 6) is -0.569. The maximum Gasteiger partial charge on any atom is 0.224 e. The van der Waals surface area contributed by atoms with Crippen LogP contribution in [0, 0.1) is 11.7 Å². The number of hydrogen-bond acceptors (Lipinski definition) is 2. The van der Waals surface area contributed by atoms with Crippen molar-refractivity contribution >= 4 is 5.91 Å². The Kier molecular flexibility index (Phi) is 5.28. The zero-order valence-electron chi connectivity index (χ0n) is 11.1. The zero-order chi connectivity index (χ0) is 13.7. The molecule has 1 amide bonds. The van der Waals surface area contributed by atoms with E-state index in [4.69, 9.17) is 5.73 Å². The van der Waals surface area contributed by atoms with E-state index >= 15 is 0 Å². The molecule has 4 heteroatoms. The summed E-state index contributed by atoms with van der Waals surface area (Å²) in [4.78, 5) is 11.8. The number of carbonyl (C=O) groups is 1. The predicted molar refractivity (Wildman–Crippen MR) is 70.5 cm³/mol. The van der Waals surface area contributed by atoms with E-state index in [-0.39, 0.29) is 29.7 Å². The fraction of sp³-hybridized carbons (Fsp3) is 0.500. The molecule has 0 radical (unpaired) electrons. The molecule has 18 heavy (non-hydrogen) atoms. The third-order valence-electron chi connectivity index (χ3n) is 3.07. The molecule has 100 valence electrons. The van der Waals surface area contributed by atoms with Gasteiger partial charge in [0.25, 0.3) is 0 Å². The van der Waals surface area contributed by atoms with Gasteiger partial charge in [-0.3, -0.25) is 4.79 Å². The van der Waals surface area contributed by atoms with Gasteiger partial charge in [-0.2, -0.15) is 0 Å². The van der Waals surface area contributed by atoms with Crippen molar-refractivity contribution in [3.05, 3.63) is 35.6 Å². The highest BCUT2D eigenvalue weighted by Gasteiger charge is 2.19. The van der Waals surface area contributed by atoms with Gasteiger partial charge in [0.15, 0.2) is 0 Å². The van der Waals surface area contributed by atoms with Gasteiger partial charge in [-0.25, -0.2) is 4.39 Å². The van der Waals surface area contributed by atoms with Crippen LogP contribution in [0.25, 0.3) is 0 Å². The van der Waals surface area contributed by atoms with Crippen LogP contribution >= 0.6 is 0 Å². The summed E-state index contributed by atoms with van der Waals surface area (Å²) in [5, 5.41) is 2.85. The third kappa shape index (κ3) is 4.11. The fourth-order valence-corrected chi connectivity index (χ4v) is 1.66. The Hall–Kier alpha value is -1.42. The molecule has 1 aromatic carbocycles. The lowest BCUT2D eigenvalue weighted by molar-refractivity contribution is -0.125. The van der Waals surface area contributed by atoms with E-state index < -0.39 is 0 Å². The van der Waals surface area contributed by atoms with Crippen molar-refractivity contribution in [2.45, 2.75) is 39.3 Å². The van der Waals surface area contributed by atoms with Crippen LogP contribution in [0.5, 0.6) is 0 Å². The minimum atomic E-state index is -0.243. The summed E-state index contributed by atoms with van der Waals surface area (Å²) in [6.45, 7) is 5.44. The van der Waals surface area contributed by atoms with Crippen LogP contribution in [0.2, 0.25) is 0 Å². The van der Waals surface area contributed by atoms with Crippen LogP contribution in [0.4, 0.5) is 4.39 Å². The van der Waals surface area contributed by atoms with Crippen LogP contribution < -0.4 is 11.1 Å². The molecule has 0 aliphatic rings. The van der Waals surface area contributed by atoms with Gasteiger partial charge in [-0.1, -0.05) is 25.1 Å². The van der Waals surface area contributed by atoms with E-state index in [1.807, 2.05) is 6.92 Å². The summed E-state index contributed by atoms with van der Waals surface area (Å²) in [7, 11) is 0. The summed E-state index contributed by atoms with van der Waals surface area (Å²) < 4.78 is 13.4. The van der Waals surface area contributed by atoms with E-state index in [0.717, 1.165) is 0 Å². The Bertz CT molecular complexity index is 407. The average molecular weight is 252 g/mol.